The fourth-order valence-corrected chi connectivity index (χ4v) is 1.12. The van der Waals surface area contributed by atoms with Crippen LogP contribution in [0.2, 0.25) is 0 Å². The maximum absolute atomic E-state index is 11.4. The predicted molar refractivity (Wildman–Crippen MR) is 62.3 cm³/mol. The molecular formula is C12H22O5. The minimum absolute atomic E-state index is 0.247. The lowest BCUT2D eigenvalue weighted by Gasteiger charge is -2.28. The standard InChI is InChI=1S/C12H22O5/c1-5-7-15-12(4,16-8-6-2)17-11(14)9-10(3)13/h5-9H2,1-4H3. The number of ketones is 1. The third-order valence-corrected chi connectivity index (χ3v) is 1.83. The average Bonchev–Trinajstić information content (AvgIpc) is 2.22. The zero-order valence-electron chi connectivity index (χ0n) is 11.1. The van der Waals surface area contributed by atoms with Crippen molar-refractivity contribution in [2.75, 3.05) is 13.2 Å². The van der Waals surface area contributed by atoms with Crippen molar-refractivity contribution in [1.29, 1.82) is 0 Å². The van der Waals surface area contributed by atoms with Crippen LogP contribution in [-0.2, 0) is 23.8 Å². The van der Waals surface area contributed by atoms with Crippen LogP contribution in [0.25, 0.3) is 0 Å². The first-order valence-electron chi connectivity index (χ1n) is 5.92. The Bertz CT molecular complexity index is 241. The molecule has 0 aromatic heterocycles. The normalized spacial score (nSPS) is 11.3. The van der Waals surface area contributed by atoms with Gasteiger partial charge in [-0.2, -0.15) is 0 Å². The number of rotatable bonds is 9. The van der Waals surface area contributed by atoms with Crippen LogP contribution in [0, 0.1) is 0 Å². The van der Waals surface area contributed by atoms with Crippen molar-refractivity contribution in [1.82, 2.24) is 0 Å². The van der Waals surface area contributed by atoms with Crippen LogP contribution in [0.5, 0.6) is 0 Å². The van der Waals surface area contributed by atoms with E-state index in [-0.39, 0.29) is 12.2 Å². The Morgan fingerprint density at radius 2 is 1.53 bits per heavy atom. The molecule has 5 heteroatoms. The molecule has 0 aliphatic carbocycles. The second kappa shape index (κ2) is 8.20. The monoisotopic (exact) mass is 246 g/mol. The number of carbonyl (C=O) groups excluding carboxylic acids is 2. The van der Waals surface area contributed by atoms with E-state index in [2.05, 4.69) is 0 Å². The molecule has 100 valence electrons. The minimum atomic E-state index is -1.39. The fourth-order valence-electron chi connectivity index (χ4n) is 1.12. The van der Waals surface area contributed by atoms with Gasteiger partial charge in [0.1, 0.15) is 12.2 Å². The van der Waals surface area contributed by atoms with Gasteiger partial charge in [0, 0.05) is 6.92 Å². The molecule has 5 nitrogen and oxygen atoms in total. The van der Waals surface area contributed by atoms with Crippen molar-refractivity contribution in [2.24, 2.45) is 0 Å². The van der Waals surface area contributed by atoms with Gasteiger partial charge >= 0.3 is 11.9 Å². The van der Waals surface area contributed by atoms with Crippen LogP contribution < -0.4 is 0 Å². The van der Waals surface area contributed by atoms with E-state index in [0.29, 0.717) is 13.2 Å². The summed E-state index contributed by atoms with van der Waals surface area (Å²) in [6, 6.07) is 0. The number of carbonyl (C=O) groups is 2. The summed E-state index contributed by atoms with van der Waals surface area (Å²) in [6.07, 6.45) is 1.31. The molecule has 0 saturated carbocycles. The highest BCUT2D eigenvalue weighted by Gasteiger charge is 2.31. The van der Waals surface area contributed by atoms with Crippen molar-refractivity contribution in [2.45, 2.75) is 52.9 Å². The molecule has 0 radical (unpaired) electrons. The van der Waals surface area contributed by atoms with E-state index in [9.17, 15) is 9.59 Å². The fraction of sp³-hybridized carbons (Fsp3) is 0.833. The number of Topliss-reactive ketones (excluding diaryl/α,β-unsaturated/α-hetero) is 1. The highest BCUT2D eigenvalue weighted by atomic mass is 16.9. The molecule has 0 aliphatic heterocycles. The van der Waals surface area contributed by atoms with E-state index in [4.69, 9.17) is 14.2 Å². The smallest absolute Gasteiger partial charge is 0.326 e. The van der Waals surface area contributed by atoms with Gasteiger partial charge in [0.25, 0.3) is 0 Å². The molecule has 0 unspecified atom stereocenters. The number of esters is 1. The van der Waals surface area contributed by atoms with Crippen molar-refractivity contribution < 1.29 is 23.8 Å². The molecule has 0 atom stereocenters. The van der Waals surface area contributed by atoms with Gasteiger partial charge in [-0.15, -0.1) is 0 Å². The lowest BCUT2D eigenvalue weighted by atomic mass is 10.3. The first kappa shape index (κ1) is 16.1. The summed E-state index contributed by atoms with van der Waals surface area (Å²) in [5.41, 5.74) is 0. The van der Waals surface area contributed by atoms with Crippen LogP contribution in [-0.4, -0.2) is 30.9 Å². The van der Waals surface area contributed by atoms with Gasteiger partial charge < -0.3 is 14.2 Å². The zero-order chi connectivity index (χ0) is 13.3. The topological polar surface area (TPSA) is 61.8 Å². The summed E-state index contributed by atoms with van der Waals surface area (Å²) in [6.45, 7) is 7.60. The third-order valence-electron chi connectivity index (χ3n) is 1.83. The van der Waals surface area contributed by atoms with Crippen LogP contribution >= 0.6 is 0 Å². The SMILES string of the molecule is CCCOC(C)(OCCC)OC(=O)CC(C)=O. The van der Waals surface area contributed by atoms with Gasteiger partial charge in [0.05, 0.1) is 13.2 Å². The van der Waals surface area contributed by atoms with Crippen LogP contribution in [0.1, 0.15) is 47.0 Å². The van der Waals surface area contributed by atoms with E-state index in [1.807, 2.05) is 13.8 Å². The Labute approximate surface area is 102 Å². The summed E-state index contributed by atoms with van der Waals surface area (Å²) < 4.78 is 15.8. The average molecular weight is 246 g/mol. The molecule has 17 heavy (non-hydrogen) atoms. The van der Waals surface area contributed by atoms with E-state index in [1.54, 1.807) is 0 Å². The van der Waals surface area contributed by atoms with Gasteiger partial charge in [-0.25, -0.2) is 0 Å². The highest BCUT2D eigenvalue weighted by molar-refractivity contribution is 5.94. The summed E-state index contributed by atoms with van der Waals surface area (Å²) in [5, 5.41) is 0. The first-order valence-corrected chi connectivity index (χ1v) is 5.92. The van der Waals surface area contributed by atoms with Gasteiger partial charge in [0.2, 0.25) is 0 Å². The molecule has 0 N–H and O–H groups in total. The number of hydrogen-bond acceptors (Lipinski definition) is 5. The molecular weight excluding hydrogens is 224 g/mol. The Morgan fingerprint density at radius 3 is 1.88 bits per heavy atom. The van der Waals surface area contributed by atoms with Crippen LogP contribution in [0.15, 0.2) is 0 Å². The van der Waals surface area contributed by atoms with Crippen molar-refractivity contribution >= 4 is 11.8 Å². The lowest BCUT2D eigenvalue weighted by molar-refractivity contribution is -0.352. The quantitative estimate of drug-likeness (QED) is 0.354. The van der Waals surface area contributed by atoms with Crippen molar-refractivity contribution in [3.8, 4) is 0 Å². The maximum Gasteiger partial charge on any atom is 0.326 e. The first-order chi connectivity index (χ1) is 7.93. The molecule has 0 spiro atoms. The predicted octanol–water partition coefficient (Wildman–Crippen LogP) is 2.04. The van der Waals surface area contributed by atoms with E-state index in [1.165, 1.54) is 13.8 Å². The van der Waals surface area contributed by atoms with E-state index >= 15 is 0 Å². The third kappa shape index (κ3) is 7.88. The Balaban J connectivity index is 4.34. The molecule has 0 heterocycles. The summed E-state index contributed by atoms with van der Waals surface area (Å²) in [5.74, 6) is -2.27. The van der Waals surface area contributed by atoms with Crippen LogP contribution in [0.4, 0.5) is 0 Å². The summed E-state index contributed by atoms with van der Waals surface area (Å²) in [7, 11) is 0. The molecule has 0 bridgehead atoms. The molecule has 0 aromatic rings. The Hall–Kier alpha value is -0.940. The van der Waals surface area contributed by atoms with Gasteiger partial charge in [-0.3, -0.25) is 9.59 Å². The number of ether oxygens (including phenoxy) is 3. The largest absolute Gasteiger partial charge is 0.408 e. The Morgan fingerprint density at radius 1 is 1.06 bits per heavy atom. The maximum atomic E-state index is 11.4. The zero-order valence-corrected chi connectivity index (χ0v) is 11.1. The summed E-state index contributed by atoms with van der Waals surface area (Å²) >= 11 is 0. The molecule has 0 amide bonds. The molecule has 0 fully saturated rings. The number of hydrogen-bond donors (Lipinski definition) is 0. The van der Waals surface area contributed by atoms with E-state index < -0.39 is 11.9 Å². The van der Waals surface area contributed by atoms with Gasteiger partial charge in [-0.1, -0.05) is 13.8 Å². The van der Waals surface area contributed by atoms with Crippen LogP contribution in [0.3, 0.4) is 0 Å². The lowest BCUT2D eigenvalue weighted by Crippen LogP contribution is -2.39. The second-order valence-corrected chi connectivity index (χ2v) is 3.91. The van der Waals surface area contributed by atoms with Crippen molar-refractivity contribution in [3.05, 3.63) is 0 Å². The second-order valence-electron chi connectivity index (χ2n) is 3.91. The highest BCUT2D eigenvalue weighted by Crippen LogP contribution is 2.16. The minimum Gasteiger partial charge on any atom is -0.408 e. The Kier molecular flexibility index (Phi) is 7.74. The molecule has 0 aromatic carbocycles. The molecule has 0 aliphatic rings. The van der Waals surface area contributed by atoms with E-state index in [0.717, 1.165) is 12.8 Å². The van der Waals surface area contributed by atoms with Gasteiger partial charge in [-0.05, 0) is 19.8 Å². The summed E-state index contributed by atoms with van der Waals surface area (Å²) in [4.78, 5) is 22.2. The molecule has 0 saturated heterocycles. The molecule has 0 rings (SSSR count). The van der Waals surface area contributed by atoms with Crippen molar-refractivity contribution in [3.63, 3.8) is 0 Å². The van der Waals surface area contributed by atoms with Gasteiger partial charge in [0.15, 0.2) is 0 Å².